The van der Waals surface area contributed by atoms with Crippen LogP contribution in [0.25, 0.3) is 0 Å². The minimum atomic E-state index is 0.0678. The molecule has 1 amide bonds. The van der Waals surface area contributed by atoms with Crippen LogP contribution in [-0.2, 0) is 0 Å². The van der Waals surface area contributed by atoms with Crippen molar-refractivity contribution in [3.05, 3.63) is 35.4 Å². The van der Waals surface area contributed by atoms with Crippen LogP contribution in [0.3, 0.4) is 0 Å². The van der Waals surface area contributed by atoms with Gasteiger partial charge in [0.2, 0.25) is 0 Å². The van der Waals surface area contributed by atoms with Gasteiger partial charge in [0.05, 0.1) is 0 Å². The van der Waals surface area contributed by atoms with Gasteiger partial charge in [-0.3, -0.25) is 9.59 Å². The summed E-state index contributed by atoms with van der Waals surface area (Å²) in [6.07, 6.45) is 2.60. The average Bonchev–Trinajstić information content (AvgIpc) is 2.94. The first-order valence-corrected chi connectivity index (χ1v) is 7.26. The summed E-state index contributed by atoms with van der Waals surface area (Å²) in [6.45, 7) is 3.49. The minimum absolute atomic E-state index is 0.0678. The van der Waals surface area contributed by atoms with Crippen molar-refractivity contribution in [3.8, 4) is 0 Å². The first kappa shape index (κ1) is 14.7. The number of carbonyl (C=O) groups is 2. The molecular weight excluding hydrogens is 252 g/mol. The number of benzene rings is 1. The second-order valence-corrected chi connectivity index (χ2v) is 5.21. The van der Waals surface area contributed by atoms with Gasteiger partial charge in [0.15, 0.2) is 5.78 Å². The SMILES string of the molecule is CCC(=O)c1ccc(C(=O)N2CCCC2CNC)cc1. The maximum absolute atomic E-state index is 12.5. The summed E-state index contributed by atoms with van der Waals surface area (Å²) in [6, 6.07) is 7.31. The summed E-state index contributed by atoms with van der Waals surface area (Å²) >= 11 is 0. The third-order valence-corrected chi connectivity index (χ3v) is 3.85. The van der Waals surface area contributed by atoms with Crippen molar-refractivity contribution < 1.29 is 9.59 Å². The first-order valence-electron chi connectivity index (χ1n) is 7.26. The van der Waals surface area contributed by atoms with E-state index < -0.39 is 0 Å². The highest BCUT2D eigenvalue weighted by atomic mass is 16.2. The molecular formula is C16H22N2O2. The lowest BCUT2D eigenvalue weighted by atomic mass is 10.1. The normalized spacial score (nSPS) is 18.3. The van der Waals surface area contributed by atoms with Gasteiger partial charge in [-0.05, 0) is 32.0 Å². The molecule has 1 aliphatic rings. The number of carbonyl (C=O) groups excluding carboxylic acids is 2. The van der Waals surface area contributed by atoms with E-state index >= 15 is 0 Å². The van der Waals surface area contributed by atoms with E-state index in [0.29, 0.717) is 17.5 Å². The van der Waals surface area contributed by atoms with Crippen LogP contribution >= 0.6 is 0 Å². The lowest BCUT2D eigenvalue weighted by molar-refractivity contribution is 0.0736. The Morgan fingerprint density at radius 1 is 1.25 bits per heavy atom. The van der Waals surface area contributed by atoms with Crippen LogP contribution in [-0.4, -0.2) is 42.8 Å². The van der Waals surface area contributed by atoms with Gasteiger partial charge in [-0.1, -0.05) is 19.1 Å². The van der Waals surface area contributed by atoms with E-state index in [1.165, 1.54) is 0 Å². The van der Waals surface area contributed by atoms with Crippen molar-refractivity contribution in [2.24, 2.45) is 0 Å². The fourth-order valence-electron chi connectivity index (χ4n) is 2.72. The first-order chi connectivity index (χ1) is 9.67. The molecule has 20 heavy (non-hydrogen) atoms. The summed E-state index contributed by atoms with van der Waals surface area (Å²) in [5.41, 5.74) is 1.35. The smallest absolute Gasteiger partial charge is 0.254 e. The Balaban J connectivity index is 2.11. The molecule has 0 spiro atoms. The molecule has 0 saturated carbocycles. The second-order valence-electron chi connectivity index (χ2n) is 5.21. The van der Waals surface area contributed by atoms with Crippen LogP contribution in [0.4, 0.5) is 0 Å². The van der Waals surface area contributed by atoms with Gasteiger partial charge in [-0.15, -0.1) is 0 Å². The maximum atomic E-state index is 12.5. The molecule has 108 valence electrons. The van der Waals surface area contributed by atoms with Crippen LogP contribution in [0.1, 0.15) is 46.9 Å². The van der Waals surface area contributed by atoms with Crippen LogP contribution in [0.15, 0.2) is 24.3 Å². The summed E-state index contributed by atoms with van der Waals surface area (Å²) in [5, 5.41) is 3.14. The topological polar surface area (TPSA) is 49.4 Å². The Morgan fingerprint density at radius 3 is 2.50 bits per heavy atom. The molecule has 1 fully saturated rings. The van der Waals surface area contributed by atoms with Crippen molar-refractivity contribution in [2.45, 2.75) is 32.2 Å². The highest BCUT2D eigenvalue weighted by molar-refractivity contribution is 5.98. The quantitative estimate of drug-likeness (QED) is 0.837. The number of nitrogens with one attached hydrogen (secondary N) is 1. The molecule has 0 aromatic heterocycles. The standard InChI is InChI=1S/C16H22N2O2/c1-3-15(19)12-6-8-13(9-7-12)16(20)18-10-4-5-14(18)11-17-2/h6-9,14,17H,3-5,10-11H2,1-2H3. The predicted molar refractivity (Wildman–Crippen MR) is 79.0 cm³/mol. The zero-order valence-corrected chi connectivity index (χ0v) is 12.2. The van der Waals surface area contributed by atoms with Gasteiger partial charge >= 0.3 is 0 Å². The number of hydrogen-bond donors (Lipinski definition) is 1. The highest BCUT2D eigenvalue weighted by Crippen LogP contribution is 2.20. The summed E-state index contributed by atoms with van der Waals surface area (Å²) in [4.78, 5) is 26.0. The number of likely N-dealkylation sites (tertiary alicyclic amines) is 1. The van der Waals surface area contributed by atoms with Crippen LogP contribution in [0, 0.1) is 0 Å². The molecule has 1 heterocycles. The highest BCUT2D eigenvalue weighted by Gasteiger charge is 2.28. The summed E-state index contributed by atoms with van der Waals surface area (Å²) in [7, 11) is 1.91. The number of amides is 1. The van der Waals surface area contributed by atoms with Gasteiger partial charge in [-0.25, -0.2) is 0 Å². The zero-order valence-electron chi connectivity index (χ0n) is 12.2. The van der Waals surface area contributed by atoms with Crippen molar-refractivity contribution in [2.75, 3.05) is 20.1 Å². The van der Waals surface area contributed by atoms with E-state index in [0.717, 1.165) is 25.9 Å². The summed E-state index contributed by atoms with van der Waals surface area (Å²) in [5.74, 6) is 0.177. The van der Waals surface area contributed by atoms with Gasteiger partial charge in [0.1, 0.15) is 0 Å². The van der Waals surface area contributed by atoms with Gasteiger partial charge in [0, 0.05) is 36.7 Å². The Labute approximate surface area is 120 Å². The molecule has 1 aromatic carbocycles. The predicted octanol–water partition coefficient (Wildman–Crippen LogP) is 2.10. The molecule has 0 radical (unpaired) electrons. The fourth-order valence-corrected chi connectivity index (χ4v) is 2.72. The van der Waals surface area contributed by atoms with Gasteiger partial charge in [0.25, 0.3) is 5.91 Å². The Bertz CT molecular complexity index is 482. The van der Waals surface area contributed by atoms with Crippen molar-refractivity contribution in [1.29, 1.82) is 0 Å². The van der Waals surface area contributed by atoms with E-state index in [4.69, 9.17) is 0 Å². The fraction of sp³-hybridized carbons (Fsp3) is 0.500. The lowest BCUT2D eigenvalue weighted by Gasteiger charge is -2.24. The molecule has 0 aliphatic carbocycles. The van der Waals surface area contributed by atoms with Crippen molar-refractivity contribution >= 4 is 11.7 Å². The molecule has 4 heteroatoms. The Hall–Kier alpha value is -1.68. The Kier molecular flexibility index (Phi) is 4.90. The average molecular weight is 274 g/mol. The summed E-state index contributed by atoms with van der Waals surface area (Å²) < 4.78 is 0. The molecule has 1 unspecified atom stereocenters. The van der Waals surface area contributed by atoms with E-state index in [-0.39, 0.29) is 17.7 Å². The third-order valence-electron chi connectivity index (χ3n) is 3.85. The molecule has 0 bridgehead atoms. The Morgan fingerprint density at radius 2 is 1.90 bits per heavy atom. The van der Waals surface area contributed by atoms with Gasteiger partial charge < -0.3 is 10.2 Å². The van der Waals surface area contributed by atoms with E-state index in [2.05, 4.69) is 5.32 Å². The van der Waals surface area contributed by atoms with Crippen molar-refractivity contribution in [3.63, 3.8) is 0 Å². The molecule has 1 N–H and O–H groups in total. The van der Waals surface area contributed by atoms with Crippen molar-refractivity contribution in [1.82, 2.24) is 10.2 Å². The number of hydrogen-bond acceptors (Lipinski definition) is 3. The lowest BCUT2D eigenvalue weighted by Crippen LogP contribution is -2.40. The minimum Gasteiger partial charge on any atom is -0.334 e. The maximum Gasteiger partial charge on any atom is 0.254 e. The molecule has 1 aliphatic heterocycles. The molecule has 4 nitrogen and oxygen atoms in total. The van der Waals surface area contributed by atoms with E-state index in [1.54, 1.807) is 24.3 Å². The number of Topliss-reactive ketones (excluding diaryl/α,β-unsaturated/α-hetero) is 1. The molecule has 1 aromatic rings. The molecule has 2 rings (SSSR count). The molecule has 1 saturated heterocycles. The van der Waals surface area contributed by atoms with Gasteiger partial charge in [-0.2, -0.15) is 0 Å². The number of likely N-dealkylation sites (N-methyl/N-ethyl adjacent to an activating group) is 1. The third kappa shape index (κ3) is 3.07. The second kappa shape index (κ2) is 6.66. The number of ketones is 1. The van der Waals surface area contributed by atoms with E-state index in [1.807, 2.05) is 18.9 Å². The van der Waals surface area contributed by atoms with Crippen LogP contribution in [0.2, 0.25) is 0 Å². The molecule has 1 atom stereocenters. The van der Waals surface area contributed by atoms with E-state index in [9.17, 15) is 9.59 Å². The number of nitrogens with zero attached hydrogens (tertiary/aromatic N) is 1. The monoisotopic (exact) mass is 274 g/mol. The van der Waals surface area contributed by atoms with Crippen LogP contribution < -0.4 is 5.32 Å². The largest absolute Gasteiger partial charge is 0.334 e. The number of rotatable bonds is 5. The zero-order chi connectivity index (χ0) is 14.5. The van der Waals surface area contributed by atoms with Crippen LogP contribution in [0.5, 0.6) is 0 Å².